The van der Waals surface area contributed by atoms with Gasteiger partial charge >= 0.3 is 6.05 Å². The molecule has 2 rings (SSSR count). The summed E-state index contributed by atoms with van der Waals surface area (Å²) in [6.07, 6.45) is 0. The van der Waals surface area contributed by atoms with Crippen molar-refractivity contribution in [3.05, 3.63) is 0 Å². The molecular formula is C7H11F2NO2. The normalized spacial score (nSPS) is 37.2. The first-order chi connectivity index (χ1) is 5.59. The molecule has 0 spiro atoms. The van der Waals surface area contributed by atoms with Gasteiger partial charge < -0.3 is 4.74 Å². The van der Waals surface area contributed by atoms with E-state index < -0.39 is 6.05 Å². The average molecular weight is 179 g/mol. The highest BCUT2D eigenvalue weighted by molar-refractivity contribution is 4.86. The lowest BCUT2D eigenvalue weighted by Gasteiger charge is -2.26. The van der Waals surface area contributed by atoms with Crippen molar-refractivity contribution in [2.75, 3.05) is 19.8 Å². The van der Waals surface area contributed by atoms with Gasteiger partial charge in [0.1, 0.15) is 0 Å². The van der Waals surface area contributed by atoms with Crippen molar-refractivity contribution in [3.8, 4) is 0 Å². The zero-order chi connectivity index (χ0) is 8.77. The molecule has 0 bridgehead atoms. The molecule has 0 aromatic heterocycles. The van der Waals surface area contributed by atoms with Crippen molar-refractivity contribution in [1.29, 1.82) is 0 Å². The molecule has 0 aromatic rings. The van der Waals surface area contributed by atoms with Crippen LogP contribution in [0.3, 0.4) is 0 Å². The second-order valence-electron chi connectivity index (χ2n) is 3.33. The van der Waals surface area contributed by atoms with Crippen molar-refractivity contribution >= 4 is 0 Å². The summed E-state index contributed by atoms with van der Waals surface area (Å²) in [6.45, 7) is 2.09. The van der Waals surface area contributed by atoms with E-state index in [1.165, 1.54) is 0 Å². The van der Waals surface area contributed by atoms with E-state index in [9.17, 15) is 8.78 Å². The standard InChI is InChI=1S/C7H11F2NO2/c1-7(8,9)10-6-4-11-2-5(6)3-12-10/h5-6H,2-4H2,1H3. The number of alkyl halides is 2. The second-order valence-corrected chi connectivity index (χ2v) is 3.33. The van der Waals surface area contributed by atoms with Crippen LogP contribution in [0.1, 0.15) is 6.92 Å². The molecule has 0 aromatic carbocycles. The van der Waals surface area contributed by atoms with Crippen molar-refractivity contribution in [2.45, 2.75) is 19.0 Å². The van der Waals surface area contributed by atoms with Gasteiger partial charge in [-0.3, -0.25) is 4.84 Å². The lowest BCUT2D eigenvalue weighted by Crippen LogP contribution is -2.43. The second kappa shape index (κ2) is 2.61. The predicted octanol–water partition coefficient (Wildman–Crippen LogP) is 0.861. The lowest BCUT2D eigenvalue weighted by molar-refractivity contribution is -0.298. The number of hydroxylamine groups is 2. The van der Waals surface area contributed by atoms with Crippen molar-refractivity contribution in [3.63, 3.8) is 0 Å². The van der Waals surface area contributed by atoms with Gasteiger partial charge in [0.2, 0.25) is 0 Å². The van der Waals surface area contributed by atoms with Gasteiger partial charge in [0, 0.05) is 12.8 Å². The highest BCUT2D eigenvalue weighted by Gasteiger charge is 2.49. The molecule has 2 aliphatic rings. The molecule has 5 heteroatoms. The molecule has 0 amide bonds. The van der Waals surface area contributed by atoms with Gasteiger partial charge in [-0.25, -0.2) is 0 Å². The third-order valence-corrected chi connectivity index (χ3v) is 2.28. The van der Waals surface area contributed by atoms with Crippen LogP contribution in [0.25, 0.3) is 0 Å². The summed E-state index contributed by atoms with van der Waals surface area (Å²) in [4.78, 5) is 4.89. The topological polar surface area (TPSA) is 21.7 Å². The number of rotatable bonds is 1. The fraction of sp³-hybridized carbons (Fsp3) is 1.00. The molecule has 2 aliphatic heterocycles. The van der Waals surface area contributed by atoms with Gasteiger partial charge in [-0.1, -0.05) is 0 Å². The van der Waals surface area contributed by atoms with E-state index in [0.717, 1.165) is 12.0 Å². The largest absolute Gasteiger partial charge is 0.379 e. The van der Waals surface area contributed by atoms with Gasteiger partial charge in [0.05, 0.1) is 25.9 Å². The summed E-state index contributed by atoms with van der Waals surface area (Å²) >= 11 is 0. The number of fused-ring (bicyclic) bond motifs is 1. The van der Waals surface area contributed by atoms with Crippen molar-refractivity contribution in [1.82, 2.24) is 5.06 Å². The Morgan fingerprint density at radius 2 is 2.08 bits per heavy atom. The quantitative estimate of drug-likeness (QED) is 0.557. The number of ether oxygens (including phenoxy) is 1. The fourth-order valence-corrected chi connectivity index (χ4v) is 1.68. The molecule has 12 heavy (non-hydrogen) atoms. The lowest BCUT2D eigenvalue weighted by atomic mass is 10.1. The average Bonchev–Trinajstić information content (AvgIpc) is 2.37. The van der Waals surface area contributed by atoms with Crippen LogP contribution in [0.4, 0.5) is 8.78 Å². The molecule has 2 atom stereocenters. The molecule has 70 valence electrons. The summed E-state index contributed by atoms with van der Waals surface area (Å²) < 4.78 is 30.7. The molecule has 2 saturated heterocycles. The number of nitrogens with zero attached hydrogens (tertiary/aromatic N) is 1. The van der Waals surface area contributed by atoms with Crippen LogP contribution >= 0.6 is 0 Å². The van der Waals surface area contributed by atoms with Gasteiger partial charge in [-0.15, -0.1) is 5.06 Å². The van der Waals surface area contributed by atoms with Crippen LogP contribution in [0.5, 0.6) is 0 Å². The number of hydrogen-bond acceptors (Lipinski definition) is 3. The van der Waals surface area contributed by atoms with E-state index in [1.807, 2.05) is 0 Å². The van der Waals surface area contributed by atoms with E-state index in [4.69, 9.17) is 9.57 Å². The molecule has 0 saturated carbocycles. The maximum atomic E-state index is 12.8. The van der Waals surface area contributed by atoms with Crippen LogP contribution < -0.4 is 0 Å². The van der Waals surface area contributed by atoms with Crippen LogP contribution in [-0.2, 0) is 9.57 Å². The van der Waals surface area contributed by atoms with Crippen LogP contribution in [0.2, 0.25) is 0 Å². The highest BCUT2D eigenvalue weighted by Crippen LogP contribution is 2.34. The molecule has 0 radical (unpaired) electrons. The Labute approximate surface area is 69.2 Å². The van der Waals surface area contributed by atoms with E-state index in [1.54, 1.807) is 0 Å². The Hall–Kier alpha value is -0.260. The minimum Gasteiger partial charge on any atom is -0.379 e. The summed E-state index contributed by atoms with van der Waals surface area (Å²) in [5.41, 5.74) is 0. The fourth-order valence-electron chi connectivity index (χ4n) is 1.68. The van der Waals surface area contributed by atoms with Crippen molar-refractivity contribution < 1.29 is 18.4 Å². The molecular weight excluding hydrogens is 168 g/mol. The number of halogens is 2. The van der Waals surface area contributed by atoms with Gasteiger partial charge in [-0.05, 0) is 0 Å². The highest BCUT2D eigenvalue weighted by atomic mass is 19.3. The van der Waals surface area contributed by atoms with Gasteiger partial charge in [0.25, 0.3) is 0 Å². The maximum absolute atomic E-state index is 12.8. The van der Waals surface area contributed by atoms with E-state index in [2.05, 4.69) is 0 Å². The molecule has 0 N–H and O–H groups in total. The zero-order valence-electron chi connectivity index (χ0n) is 6.80. The van der Waals surface area contributed by atoms with Crippen LogP contribution in [-0.4, -0.2) is 37.0 Å². The molecule has 2 fully saturated rings. The summed E-state index contributed by atoms with van der Waals surface area (Å²) in [7, 11) is 0. The summed E-state index contributed by atoms with van der Waals surface area (Å²) in [5, 5.41) is 0.769. The van der Waals surface area contributed by atoms with E-state index in [0.29, 0.717) is 19.8 Å². The Morgan fingerprint density at radius 3 is 2.75 bits per heavy atom. The van der Waals surface area contributed by atoms with Gasteiger partial charge in [0.15, 0.2) is 0 Å². The Balaban J connectivity index is 2.09. The SMILES string of the molecule is CC(F)(F)N1OCC2COCC21. The monoisotopic (exact) mass is 179 g/mol. The molecule has 3 nitrogen and oxygen atoms in total. The van der Waals surface area contributed by atoms with Crippen molar-refractivity contribution in [2.24, 2.45) is 5.92 Å². The first-order valence-electron chi connectivity index (χ1n) is 3.97. The van der Waals surface area contributed by atoms with Crippen LogP contribution in [0.15, 0.2) is 0 Å². The Bertz CT molecular complexity index is 183. The summed E-state index contributed by atoms with van der Waals surface area (Å²) in [6, 6.07) is -3.15. The minimum absolute atomic E-state index is 0.121. The molecule has 2 unspecified atom stereocenters. The first-order valence-corrected chi connectivity index (χ1v) is 3.97. The van der Waals surface area contributed by atoms with Gasteiger partial charge in [-0.2, -0.15) is 8.78 Å². The van der Waals surface area contributed by atoms with E-state index >= 15 is 0 Å². The third kappa shape index (κ3) is 1.22. The minimum atomic E-state index is -2.90. The Kier molecular flexibility index (Phi) is 1.82. The maximum Gasteiger partial charge on any atom is 0.323 e. The zero-order valence-corrected chi connectivity index (χ0v) is 6.80. The molecule has 2 heterocycles. The summed E-state index contributed by atoms with van der Waals surface area (Å²) in [5.74, 6) is 0.121. The van der Waals surface area contributed by atoms with Crippen LogP contribution in [0, 0.1) is 5.92 Å². The first kappa shape index (κ1) is 8.34. The van der Waals surface area contributed by atoms with E-state index in [-0.39, 0.29) is 12.0 Å². The number of hydrogen-bond donors (Lipinski definition) is 0. The molecule has 0 aliphatic carbocycles. The predicted molar refractivity (Wildman–Crippen MR) is 36.5 cm³/mol. The Morgan fingerprint density at radius 1 is 1.33 bits per heavy atom. The smallest absolute Gasteiger partial charge is 0.323 e. The third-order valence-electron chi connectivity index (χ3n) is 2.28.